The molecule has 27 heavy (non-hydrogen) atoms. The van der Waals surface area contributed by atoms with E-state index in [1.165, 1.54) is 49.8 Å². The molecule has 1 saturated heterocycles. The van der Waals surface area contributed by atoms with Gasteiger partial charge in [0.15, 0.2) is 5.96 Å². The van der Waals surface area contributed by atoms with Crippen molar-refractivity contribution in [3.63, 3.8) is 0 Å². The number of hydrogen-bond donors (Lipinski definition) is 2. The minimum Gasteiger partial charge on any atom is -0.383 e. The summed E-state index contributed by atoms with van der Waals surface area (Å²) in [7, 11) is 3.67. The Kier molecular flexibility index (Phi) is 7.97. The predicted molar refractivity (Wildman–Crippen MR) is 115 cm³/mol. The van der Waals surface area contributed by atoms with Crippen LogP contribution in [0.25, 0.3) is 0 Å². The first kappa shape index (κ1) is 20.6. The number of methoxy groups -OCH3 is 1. The van der Waals surface area contributed by atoms with Gasteiger partial charge in [0.25, 0.3) is 0 Å². The van der Waals surface area contributed by atoms with E-state index in [0.717, 1.165) is 38.7 Å². The molecule has 0 aromatic carbocycles. The maximum atomic E-state index is 5.20. The van der Waals surface area contributed by atoms with Crippen LogP contribution in [0.4, 0.5) is 0 Å². The third-order valence-electron chi connectivity index (χ3n) is 6.21. The summed E-state index contributed by atoms with van der Waals surface area (Å²) in [5, 5.41) is 9.56. The number of rotatable bonds is 7. The van der Waals surface area contributed by atoms with E-state index in [0.29, 0.717) is 6.04 Å². The highest BCUT2D eigenvalue weighted by Gasteiger charge is 2.35. The lowest BCUT2D eigenvalue weighted by Crippen LogP contribution is -2.51. The van der Waals surface area contributed by atoms with E-state index in [1.54, 1.807) is 7.11 Å². The standard InChI is InChI=1S/C21H36N4OS/c1-22-20(24-18-8-12-25(13-9-18)14-15-26-2)23-17-21(10-4-3-5-11-21)19-7-6-16-27-19/h6-7,16,18H,3-5,8-15,17H2,1-2H3,(H2,22,23,24). The van der Waals surface area contributed by atoms with Gasteiger partial charge in [-0.2, -0.15) is 0 Å². The molecule has 2 aliphatic rings. The van der Waals surface area contributed by atoms with Crippen molar-refractivity contribution in [2.45, 2.75) is 56.4 Å². The van der Waals surface area contributed by atoms with Crippen LogP contribution in [-0.4, -0.2) is 63.8 Å². The first-order valence-electron chi connectivity index (χ1n) is 10.5. The summed E-state index contributed by atoms with van der Waals surface area (Å²) in [5.74, 6) is 0.965. The Labute approximate surface area is 168 Å². The molecule has 1 aromatic rings. The van der Waals surface area contributed by atoms with Crippen LogP contribution < -0.4 is 10.6 Å². The number of hydrogen-bond acceptors (Lipinski definition) is 4. The summed E-state index contributed by atoms with van der Waals surface area (Å²) in [6.45, 7) is 5.12. The van der Waals surface area contributed by atoms with Gasteiger partial charge in [0.05, 0.1) is 6.61 Å². The van der Waals surface area contributed by atoms with Crippen molar-refractivity contribution < 1.29 is 4.74 Å². The number of thiophene rings is 1. The number of nitrogens with one attached hydrogen (secondary N) is 2. The van der Waals surface area contributed by atoms with Crippen molar-refractivity contribution in [1.82, 2.24) is 15.5 Å². The summed E-state index contributed by atoms with van der Waals surface area (Å²) in [6.07, 6.45) is 8.96. The Morgan fingerprint density at radius 3 is 2.70 bits per heavy atom. The molecule has 5 nitrogen and oxygen atoms in total. The van der Waals surface area contributed by atoms with Crippen LogP contribution >= 0.6 is 11.3 Å². The molecule has 2 N–H and O–H groups in total. The fourth-order valence-electron chi connectivity index (χ4n) is 4.48. The van der Waals surface area contributed by atoms with Gasteiger partial charge in [-0.3, -0.25) is 4.99 Å². The average molecular weight is 393 g/mol. The van der Waals surface area contributed by atoms with E-state index in [1.807, 2.05) is 18.4 Å². The van der Waals surface area contributed by atoms with Gasteiger partial charge in [-0.05, 0) is 37.1 Å². The van der Waals surface area contributed by atoms with Gasteiger partial charge in [0.1, 0.15) is 0 Å². The van der Waals surface area contributed by atoms with E-state index in [-0.39, 0.29) is 5.41 Å². The zero-order chi connectivity index (χ0) is 19.0. The fourth-order valence-corrected chi connectivity index (χ4v) is 5.47. The Bertz CT molecular complexity index is 561. The first-order valence-corrected chi connectivity index (χ1v) is 11.4. The fraction of sp³-hybridized carbons (Fsp3) is 0.762. The van der Waals surface area contributed by atoms with Crippen molar-refractivity contribution in [2.24, 2.45) is 4.99 Å². The predicted octanol–water partition coefficient (Wildman–Crippen LogP) is 3.23. The second-order valence-corrected chi connectivity index (χ2v) is 8.94. The van der Waals surface area contributed by atoms with Crippen LogP contribution in [0.3, 0.4) is 0 Å². The Morgan fingerprint density at radius 1 is 1.30 bits per heavy atom. The van der Waals surface area contributed by atoms with Crippen LogP contribution in [0.15, 0.2) is 22.5 Å². The molecule has 0 unspecified atom stereocenters. The quantitative estimate of drug-likeness (QED) is 0.553. The monoisotopic (exact) mass is 392 g/mol. The van der Waals surface area contributed by atoms with Crippen LogP contribution in [-0.2, 0) is 10.2 Å². The second kappa shape index (κ2) is 10.4. The summed E-state index contributed by atoms with van der Waals surface area (Å²) in [4.78, 5) is 8.54. The highest BCUT2D eigenvalue weighted by Crippen LogP contribution is 2.41. The number of guanidine groups is 1. The third-order valence-corrected chi connectivity index (χ3v) is 7.33. The number of ether oxygens (including phenoxy) is 1. The van der Waals surface area contributed by atoms with E-state index in [4.69, 9.17) is 4.74 Å². The number of aliphatic imine (C=N–C) groups is 1. The molecule has 152 valence electrons. The van der Waals surface area contributed by atoms with Crippen molar-refractivity contribution in [3.05, 3.63) is 22.4 Å². The van der Waals surface area contributed by atoms with Crippen molar-refractivity contribution >= 4 is 17.3 Å². The molecule has 2 fully saturated rings. The maximum absolute atomic E-state index is 5.20. The molecule has 1 aliphatic heterocycles. The Hall–Kier alpha value is -1.11. The van der Waals surface area contributed by atoms with E-state index < -0.39 is 0 Å². The summed E-state index contributed by atoms with van der Waals surface area (Å²) in [6, 6.07) is 5.03. The second-order valence-electron chi connectivity index (χ2n) is 8.00. The van der Waals surface area contributed by atoms with E-state index in [2.05, 4.69) is 38.0 Å². The topological polar surface area (TPSA) is 48.9 Å². The summed E-state index contributed by atoms with van der Waals surface area (Å²) in [5.41, 5.74) is 0.285. The Morgan fingerprint density at radius 2 is 2.07 bits per heavy atom. The molecule has 0 bridgehead atoms. The molecule has 1 aromatic heterocycles. The molecule has 0 spiro atoms. The molecular weight excluding hydrogens is 356 g/mol. The van der Waals surface area contributed by atoms with Crippen LogP contribution in [0.1, 0.15) is 49.8 Å². The smallest absolute Gasteiger partial charge is 0.191 e. The number of nitrogens with zero attached hydrogens (tertiary/aromatic N) is 2. The largest absolute Gasteiger partial charge is 0.383 e. The molecule has 3 rings (SSSR count). The van der Waals surface area contributed by atoms with Crippen LogP contribution in [0.5, 0.6) is 0 Å². The van der Waals surface area contributed by atoms with Gasteiger partial charge in [-0.1, -0.05) is 25.3 Å². The average Bonchev–Trinajstić information content (AvgIpc) is 3.27. The maximum Gasteiger partial charge on any atom is 0.191 e. The zero-order valence-electron chi connectivity index (χ0n) is 17.0. The molecule has 6 heteroatoms. The normalized spacial score (nSPS) is 21.9. The van der Waals surface area contributed by atoms with E-state index in [9.17, 15) is 0 Å². The van der Waals surface area contributed by atoms with Crippen LogP contribution in [0, 0.1) is 0 Å². The van der Waals surface area contributed by atoms with Crippen molar-refractivity contribution in [2.75, 3.05) is 46.9 Å². The lowest BCUT2D eigenvalue weighted by Gasteiger charge is -2.38. The minimum atomic E-state index is 0.285. The summed E-state index contributed by atoms with van der Waals surface area (Å²) >= 11 is 1.91. The lowest BCUT2D eigenvalue weighted by molar-refractivity contribution is 0.128. The van der Waals surface area contributed by atoms with Gasteiger partial charge >= 0.3 is 0 Å². The molecular formula is C21H36N4OS. The van der Waals surface area contributed by atoms with E-state index >= 15 is 0 Å². The van der Waals surface area contributed by atoms with Gasteiger partial charge in [-0.25, -0.2) is 0 Å². The number of piperidine rings is 1. The van der Waals surface area contributed by atoms with Gasteiger partial charge in [0.2, 0.25) is 0 Å². The molecule has 1 saturated carbocycles. The first-order chi connectivity index (χ1) is 13.3. The molecule has 2 heterocycles. The van der Waals surface area contributed by atoms with Crippen molar-refractivity contribution in [1.29, 1.82) is 0 Å². The van der Waals surface area contributed by atoms with Gasteiger partial charge in [0, 0.05) is 56.7 Å². The molecule has 1 aliphatic carbocycles. The van der Waals surface area contributed by atoms with Gasteiger partial charge < -0.3 is 20.3 Å². The van der Waals surface area contributed by atoms with Gasteiger partial charge in [-0.15, -0.1) is 11.3 Å². The zero-order valence-corrected chi connectivity index (χ0v) is 17.8. The van der Waals surface area contributed by atoms with Crippen molar-refractivity contribution in [3.8, 4) is 0 Å². The summed E-state index contributed by atoms with van der Waals surface area (Å²) < 4.78 is 5.20. The molecule has 0 amide bonds. The minimum absolute atomic E-state index is 0.285. The SMILES string of the molecule is CN=C(NCC1(c2cccs2)CCCCC1)NC1CCN(CCOC)CC1. The number of likely N-dealkylation sites (tertiary alicyclic amines) is 1. The van der Waals surface area contributed by atoms with Crippen LogP contribution in [0.2, 0.25) is 0 Å². The third kappa shape index (κ3) is 5.69. The highest BCUT2D eigenvalue weighted by atomic mass is 32.1. The molecule has 0 atom stereocenters. The highest BCUT2D eigenvalue weighted by molar-refractivity contribution is 7.10. The Balaban J connectivity index is 1.50. The molecule has 0 radical (unpaired) electrons. The lowest BCUT2D eigenvalue weighted by atomic mass is 9.73.